The largest absolute Gasteiger partial charge is 0.461 e. The third-order valence-corrected chi connectivity index (χ3v) is 12.4. The normalized spacial score (nSPS) is 41.2. The molecule has 5 unspecified atom stereocenters. The van der Waals surface area contributed by atoms with Crippen molar-refractivity contribution < 1.29 is 23.0 Å². The van der Waals surface area contributed by atoms with Gasteiger partial charge in [-0.2, -0.15) is 9.97 Å². The van der Waals surface area contributed by atoms with E-state index in [2.05, 4.69) is 20.7 Å². The van der Waals surface area contributed by atoms with Crippen LogP contribution in [0.3, 0.4) is 0 Å². The Bertz CT molecular complexity index is 1460. The van der Waals surface area contributed by atoms with Crippen LogP contribution in [-0.4, -0.2) is 108 Å². The second kappa shape index (κ2) is 11.3. The molecular formula is C32H42ClF2N7O3. The summed E-state index contributed by atoms with van der Waals surface area (Å²) in [5, 5.41) is 0.467. The highest BCUT2D eigenvalue weighted by Crippen LogP contribution is 2.58. The summed E-state index contributed by atoms with van der Waals surface area (Å²) in [6.07, 6.45) is 5.98. The Balaban J connectivity index is 1.15. The molecule has 0 aromatic carbocycles. The highest BCUT2D eigenvalue weighted by Gasteiger charge is 2.56. The second-order valence-electron chi connectivity index (χ2n) is 14.5. The van der Waals surface area contributed by atoms with Gasteiger partial charge in [0.25, 0.3) is 0 Å². The average molecular weight is 646 g/mol. The van der Waals surface area contributed by atoms with Crippen molar-refractivity contribution in [2.24, 2.45) is 23.7 Å². The number of fused-ring (bicyclic) bond motifs is 6. The van der Waals surface area contributed by atoms with Crippen LogP contribution >= 0.6 is 11.6 Å². The van der Waals surface area contributed by atoms with Gasteiger partial charge in [0.1, 0.15) is 24.1 Å². The number of nitrogens with zero attached hydrogens (tertiary/aromatic N) is 5. The van der Waals surface area contributed by atoms with E-state index in [0.29, 0.717) is 74.6 Å². The average Bonchev–Trinajstić information content (AvgIpc) is 3.28. The number of hydrogen-bond acceptors (Lipinski definition) is 10. The van der Waals surface area contributed by atoms with Gasteiger partial charge in [0.15, 0.2) is 5.82 Å². The molecule has 13 heteroatoms. The first kappa shape index (κ1) is 29.2. The number of alkyl halides is 2. The van der Waals surface area contributed by atoms with Crippen molar-refractivity contribution >= 4 is 28.3 Å². The van der Waals surface area contributed by atoms with Crippen LogP contribution in [-0.2, 0) is 9.47 Å². The molecule has 6 aliphatic heterocycles. The first-order valence-corrected chi connectivity index (χ1v) is 17.4. The fourth-order valence-electron chi connectivity index (χ4n) is 9.76. The van der Waals surface area contributed by atoms with Crippen LogP contribution < -0.4 is 20.5 Å². The van der Waals surface area contributed by atoms with Crippen LogP contribution in [0.25, 0.3) is 10.9 Å². The first-order valence-electron chi connectivity index (χ1n) is 16.9. The van der Waals surface area contributed by atoms with Crippen LogP contribution in [0.2, 0.25) is 0 Å². The van der Waals surface area contributed by atoms with E-state index < -0.39 is 12.0 Å². The maximum atomic E-state index is 17.1. The summed E-state index contributed by atoms with van der Waals surface area (Å²) < 4.78 is 50.2. The number of halogens is 3. The minimum atomic E-state index is -0.865. The molecule has 0 radical (unpaired) electrons. The van der Waals surface area contributed by atoms with Crippen molar-refractivity contribution in [3.63, 3.8) is 0 Å². The molecule has 2 aromatic heterocycles. The van der Waals surface area contributed by atoms with E-state index in [9.17, 15) is 4.39 Å². The molecule has 2 aliphatic carbocycles. The Morgan fingerprint density at radius 3 is 3.02 bits per heavy atom. The van der Waals surface area contributed by atoms with Gasteiger partial charge >= 0.3 is 6.01 Å². The SMILES string of the molecule is Fc1c2ncc3c(nc(OC[C@@]45CCCN4C[C@H](F)C5)nc13)N1CCO[C@@H](COCC[C@H]3C[C@H]3C3C(Cl)CC4NNCC4C23)C1. The Kier molecular flexibility index (Phi) is 7.35. The van der Waals surface area contributed by atoms with Crippen molar-refractivity contribution in [2.75, 3.05) is 64.1 Å². The standard InChI is InChI=1S/C32H42ClF2N7O3/c33-23-9-24-21(12-37-40-24)26-25(23)20-8-17(20)2-6-43-15-19-14-41(5-7-44-19)30-22-11-36-29(26)27(35)28(22)38-31(39-30)45-16-32-3-1-4-42(32)13-18(34)10-32/h11,17-21,23-26,37,40H,1-10,12-16H2/t17-,18+,19+,20+,21?,23?,24?,25?,26?,32-/m0/s1. The quantitative estimate of drug-likeness (QED) is 0.485. The highest BCUT2D eigenvalue weighted by molar-refractivity contribution is 6.21. The Hall–Kier alpha value is -1.96. The molecule has 8 heterocycles. The Morgan fingerprint density at radius 1 is 1.16 bits per heavy atom. The minimum Gasteiger partial charge on any atom is -0.461 e. The summed E-state index contributed by atoms with van der Waals surface area (Å²) in [6.45, 7) is 5.15. The molecule has 10 rings (SSSR count). The van der Waals surface area contributed by atoms with Crippen LogP contribution in [0.5, 0.6) is 6.01 Å². The van der Waals surface area contributed by atoms with Crippen molar-refractivity contribution in [1.82, 2.24) is 30.7 Å². The van der Waals surface area contributed by atoms with E-state index in [1.54, 1.807) is 6.20 Å². The minimum absolute atomic E-state index is 0.0894. The fraction of sp³-hybridized carbons (Fsp3) is 0.781. The lowest BCUT2D eigenvalue weighted by atomic mass is 9.66. The molecule has 6 bridgehead atoms. The van der Waals surface area contributed by atoms with Crippen molar-refractivity contribution in [3.05, 3.63) is 17.7 Å². The summed E-state index contributed by atoms with van der Waals surface area (Å²) >= 11 is 7.18. The number of pyridine rings is 1. The zero-order valence-corrected chi connectivity index (χ0v) is 26.2. The van der Waals surface area contributed by atoms with Crippen molar-refractivity contribution in [3.8, 4) is 6.01 Å². The lowest BCUT2D eigenvalue weighted by Gasteiger charge is -2.42. The van der Waals surface area contributed by atoms with E-state index in [4.69, 9.17) is 40.8 Å². The summed E-state index contributed by atoms with van der Waals surface area (Å²) in [7, 11) is 0. The molecule has 244 valence electrons. The molecule has 6 fully saturated rings. The lowest BCUT2D eigenvalue weighted by Crippen LogP contribution is -2.46. The van der Waals surface area contributed by atoms with Gasteiger partial charge in [0.2, 0.25) is 0 Å². The molecule has 4 saturated heterocycles. The summed E-state index contributed by atoms with van der Waals surface area (Å²) in [6, 6.07) is 0.276. The van der Waals surface area contributed by atoms with Gasteiger partial charge in [-0.3, -0.25) is 20.7 Å². The van der Waals surface area contributed by atoms with E-state index in [1.807, 2.05) is 0 Å². The molecule has 2 N–H and O–H groups in total. The van der Waals surface area contributed by atoms with Crippen molar-refractivity contribution in [2.45, 2.75) is 73.7 Å². The number of ether oxygens (including phenoxy) is 3. The predicted octanol–water partition coefficient (Wildman–Crippen LogP) is 3.18. The molecule has 0 amide bonds. The molecular weight excluding hydrogens is 604 g/mol. The van der Waals surface area contributed by atoms with E-state index in [-0.39, 0.29) is 58.9 Å². The molecule has 2 aromatic rings. The molecule has 0 spiro atoms. The Morgan fingerprint density at radius 2 is 2.09 bits per heavy atom. The van der Waals surface area contributed by atoms with Gasteiger partial charge in [0, 0.05) is 62.7 Å². The van der Waals surface area contributed by atoms with Gasteiger partial charge in [-0.25, -0.2) is 8.78 Å². The van der Waals surface area contributed by atoms with Crippen molar-refractivity contribution in [1.29, 1.82) is 0 Å². The maximum absolute atomic E-state index is 17.1. The van der Waals surface area contributed by atoms with E-state index >= 15 is 4.39 Å². The number of hydrogen-bond donors (Lipinski definition) is 2. The topological polar surface area (TPSA) is 96.9 Å². The lowest BCUT2D eigenvalue weighted by molar-refractivity contribution is -0.0251. The third kappa shape index (κ3) is 5.01. The van der Waals surface area contributed by atoms with Crippen LogP contribution in [0.15, 0.2) is 6.20 Å². The van der Waals surface area contributed by atoms with Gasteiger partial charge in [-0.15, -0.1) is 11.6 Å². The highest BCUT2D eigenvalue weighted by atomic mass is 35.5. The van der Waals surface area contributed by atoms with E-state index in [1.165, 1.54) is 0 Å². The first-order chi connectivity index (χ1) is 22.0. The second-order valence-corrected chi connectivity index (χ2v) is 15.1. The van der Waals surface area contributed by atoms with Gasteiger partial charge in [-0.1, -0.05) is 0 Å². The zero-order valence-electron chi connectivity index (χ0n) is 25.5. The monoisotopic (exact) mass is 645 g/mol. The predicted molar refractivity (Wildman–Crippen MR) is 164 cm³/mol. The summed E-state index contributed by atoms with van der Waals surface area (Å²) in [5.41, 5.74) is 7.03. The van der Waals surface area contributed by atoms with Gasteiger partial charge in [-0.05, 0) is 62.3 Å². The van der Waals surface area contributed by atoms with Gasteiger partial charge in [0.05, 0.1) is 35.9 Å². The number of hydrazine groups is 1. The van der Waals surface area contributed by atoms with Crippen LogP contribution in [0, 0.1) is 29.5 Å². The van der Waals surface area contributed by atoms with E-state index in [0.717, 1.165) is 45.2 Å². The number of morpholine rings is 1. The third-order valence-electron chi connectivity index (χ3n) is 12.0. The summed E-state index contributed by atoms with van der Waals surface area (Å²) in [5.74, 6) is 1.23. The molecule has 10 atom stereocenters. The molecule has 10 nitrogen and oxygen atoms in total. The van der Waals surface area contributed by atoms with Crippen LogP contribution in [0.4, 0.5) is 14.6 Å². The van der Waals surface area contributed by atoms with Crippen LogP contribution in [0.1, 0.15) is 50.1 Å². The number of nitrogens with one attached hydrogen (secondary N) is 2. The number of rotatable bonds is 3. The number of anilines is 1. The smallest absolute Gasteiger partial charge is 0.319 e. The molecule has 2 saturated carbocycles. The Labute approximate surface area is 266 Å². The number of aromatic nitrogens is 3. The molecule has 45 heavy (non-hydrogen) atoms. The summed E-state index contributed by atoms with van der Waals surface area (Å²) in [4.78, 5) is 18.8. The fourth-order valence-corrected chi connectivity index (χ4v) is 10.3. The van der Waals surface area contributed by atoms with Gasteiger partial charge < -0.3 is 19.1 Å². The molecule has 8 aliphatic rings. The maximum Gasteiger partial charge on any atom is 0.319 e. The zero-order chi connectivity index (χ0) is 30.3.